The largest absolute Gasteiger partial charge is 0.328 e. The molecule has 0 spiro atoms. The maximum absolute atomic E-state index is 10.7. The van der Waals surface area contributed by atoms with Gasteiger partial charge in [0.2, 0.25) is 0 Å². The maximum Gasteiger partial charge on any atom is 0.328 e. The predicted octanol–water partition coefficient (Wildman–Crippen LogP) is 0.0640. The molecule has 0 aromatic heterocycles. The molecule has 0 saturated heterocycles. The van der Waals surface area contributed by atoms with E-state index in [4.69, 9.17) is 15.0 Å². The van der Waals surface area contributed by atoms with E-state index in [1.165, 1.54) is 0 Å². The first-order chi connectivity index (χ1) is 5.04. The summed E-state index contributed by atoms with van der Waals surface area (Å²) in [7, 11) is -3.92. The standard InChI is InChI=1S/C5H12NO4P/c7-6-4-1-2-5(3-4)11(8,9)10/h4-7H,1-3H2,(H2,8,9,10). The van der Waals surface area contributed by atoms with E-state index in [2.05, 4.69) is 0 Å². The molecule has 1 saturated carbocycles. The number of rotatable bonds is 2. The Morgan fingerprint density at radius 3 is 2.27 bits per heavy atom. The van der Waals surface area contributed by atoms with Gasteiger partial charge >= 0.3 is 7.60 Å². The Hall–Kier alpha value is 0.0700. The van der Waals surface area contributed by atoms with E-state index in [-0.39, 0.29) is 6.04 Å². The van der Waals surface area contributed by atoms with E-state index < -0.39 is 13.3 Å². The van der Waals surface area contributed by atoms with Gasteiger partial charge in [-0.2, -0.15) is 0 Å². The first kappa shape index (κ1) is 9.16. The molecular formula is C5H12NO4P. The normalized spacial score (nSPS) is 32.6. The lowest BCUT2D eigenvalue weighted by Gasteiger charge is -2.11. The number of hydrogen-bond acceptors (Lipinski definition) is 3. The SMILES string of the molecule is O=P(O)(O)C1CCC(NO)C1. The van der Waals surface area contributed by atoms with Gasteiger partial charge < -0.3 is 15.0 Å². The van der Waals surface area contributed by atoms with E-state index in [1.54, 1.807) is 0 Å². The highest BCUT2D eigenvalue weighted by Crippen LogP contribution is 2.48. The summed E-state index contributed by atoms with van der Waals surface area (Å²) in [5, 5.41) is 8.45. The monoisotopic (exact) mass is 181 g/mol. The fourth-order valence-corrected chi connectivity index (χ4v) is 2.39. The summed E-state index contributed by atoms with van der Waals surface area (Å²) in [5.41, 5.74) is 1.46. The first-order valence-electron chi connectivity index (χ1n) is 3.49. The lowest BCUT2D eigenvalue weighted by atomic mass is 10.3. The average Bonchev–Trinajstić information content (AvgIpc) is 2.32. The molecule has 0 aliphatic heterocycles. The molecule has 0 amide bonds. The van der Waals surface area contributed by atoms with Crippen molar-refractivity contribution in [2.75, 3.05) is 0 Å². The Labute approximate surface area is 64.5 Å². The van der Waals surface area contributed by atoms with Gasteiger partial charge in [0.05, 0.1) is 5.66 Å². The van der Waals surface area contributed by atoms with E-state index in [0.29, 0.717) is 19.3 Å². The summed E-state index contributed by atoms with van der Waals surface area (Å²) < 4.78 is 10.7. The van der Waals surface area contributed by atoms with E-state index in [1.807, 2.05) is 5.48 Å². The van der Waals surface area contributed by atoms with Crippen LogP contribution in [0.4, 0.5) is 0 Å². The van der Waals surface area contributed by atoms with Crippen molar-refractivity contribution in [3.8, 4) is 0 Å². The highest BCUT2D eigenvalue weighted by molar-refractivity contribution is 7.52. The third kappa shape index (κ3) is 2.25. The number of hydroxylamine groups is 1. The van der Waals surface area contributed by atoms with Gasteiger partial charge in [0.1, 0.15) is 0 Å². The second kappa shape index (κ2) is 3.21. The lowest BCUT2D eigenvalue weighted by molar-refractivity contribution is 0.128. The first-order valence-corrected chi connectivity index (χ1v) is 5.17. The van der Waals surface area contributed by atoms with Crippen LogP contribution in [-0.4, -0.2) is 26.7 Å². The van der Waals surface area contributed by atoms with Crippen molar-refractivity contribution >= 4 is 7.60 Å². The lowest BCUT2D eigenvalue weighted by Crippen LogP contribution is -2.22. The van der Waals surface area contributed by atoms with Crippen LogP contribution < -0.4 is 5.48 Å². The van der Waals surface area contributed by atoms with Gasteiger partial charge in [-0.15, -0.1) is 0 Å². The van der Waals surface area contributed by atoms with Crippen molar-refractivity contribution in [2.45, 2.75) is 31.0 Å². The van der Waals surface area contributed by atoms with Gasteiger partial charge in [-0.1, -0.05) is 0 Å². The number of hydrogen-bond donors (Lipinski definition) is 4. The molecule has 6 heteroatoms. The molecule has 5 nitrogen and oxygen atoms in total. The summed E-state index contributed by atoms with van der Waals surface area (Å²) in [4.78, 5) is 17.5. The zero-order valence-corrected chi connectivity index (χ0v) is 6.87. The van der Waals surface area contributed by atoms with Crippen molar-refractivity contribution < 1.29 is 19.6 Å². The van der Waals surface area contributed by atoms with Gasteiger partial charge in [0, 0.05) is 6.04 Å². The fraction of sp³-hybridized carbons (Fsp3) is 1.00. The van der Waals surface area contributed by atoms with Crippen LogP contribution in [0.3, 0.4) is 0 Å². The second-order valence-electron chi connectivity index (χ2n) is 2.88. The van der Waals surface area contributed by atoms with Crippen LogP contribution in [0.5, 0.6) is 0 Å². The third-order valence-corrected chi connectivity index (χ3v) is 3.48. The Morgan fingerprint density at radius 2 is 2.00 bits per heavy atom. The van der Waals surface area contributed by atoms with E-state index in [0.717, 1.165) is 0 Å². The molecule has 4 N–H and O–H groups in total. The summed E-state index contributed by atoms with van der Waals surface area (Å²) >= 11 is 0. The highest BCUT2D eigenvalue weighted by Gasteiger charge is 2.36. The zero-order chi connectivity index (χ0) is 8.48. The fourth-order valence-electron chi connectivity index (χ4n) is 1.38. The maximum atomic E-state index is 10.7. The Kier molecular flexibility index (Phi) is 2.67. The molecule has 1 fully saturated rings. The molecule has 66 valence electrons. The van der Waals surface area contributed by atoms with Crippen LogP contribution in [0.15, 0.2) is 0 Å². The van der Waals surface area contributed by atoms with Crippen molar-refractivity contribution in [1.29, 1.82) is 0 Å². The average molecular weight is 181 g/mol. The molecule has 1 aliphatic carbocycles. The van der Waals surface area contributed by atoms with Crippen molar-refractivity contribution in [3.63, 3.8) is 0 Å². The summed E-state index contributed by atoms with van der Waals surface area (Å²) in [5.74, 6) is 0. The molecule has 0 heterocycles. The van der Waals surface area contributed by atoms with Crippen LogP contribution in [0, 0.1) is 0 Å². The van der Waals surface area contributed by atoms with Gasteiger partial charge in [-0.05, 0) is 19.3 Å². The summed E-state index contributed by atoms with van der Waals surface area (Å²) in [6.07, 6.45) is 1.48. The highest BCUT2D eigenvalue weighted by atomic mass is 31.2. The molecule has 0 aromatic rings. The zero-order valence-electron chi connectivity index (χ0n) is 5.97. The molecule has 11 heavy (non-hydrogen) atoms. The molecular weight excluding hydrogens is 169 g/mol. The Bertz CT molecular complexity index is 179. The van der Waals surface area contributed by atoms with Crippen LogP contribution in [0.1, 0.15) is 19.3 Å². The van der Waals surface area contributed by atoms with Crippen molar-refractivity contribution in [3.05, 3.63) is 0 Å². The van der Waals surface area contributed by atoms with Gasteiger partial charge in [-0.25, -0.2) is 5.48 Å². The third-order valence-electron chi connectivity index (χ3n) is 2.06. The van der Waals surface area contributed by atoms with Crippen LogP contribution in [-0.2, 0) is 4.57 Å². The van der Waals surface area contributed by atoms with Crippen LogP contribution >= 0.6 is 7.60 Å². The summed E-state index contributed by atoms with van der Waals surface area (Å²) in [6, 6.07) is -0.146. The Morgan fingerprint density at radius 1 is 1.36 bits per heavy atom. The number of nitrogens with one attached hydrogen (secondary N) is 1. The minimum atomic E-state index is -3.92. The topological polar surface area (TPSA) is 89.8 Å². The molecule has 2 atom stereocenters. The quantitative estimate of drug-likeness (QED) is 0.357. The van der Waals surface area contributed by atoms with Gasteiger partial charge in [-0.3, -0.25) is 4.57 Å². The van der Waals surface area contributed by atoms with Gasteiger partial charge in [0.25, 0.3) is 0 Å². The van der Waals surface area contributed by atoms with E-state index in [9.17, 15) is 4.57 Å². The minimum absolute atomic E-state index is 0.146. The molecule has 0 bridgehead atoms. The summed E-state index contributed by atoms with van der Waals surface area (Å²) in [6.45, 7) is 0. The van der Waals surface area contributed by atoms with Gasteiger partial charge in [0.15, 0.2) is 0 Å². The molecule has 0 aromatic carbocycles. The van der Waals surface area contributed by atoms with Crippen LogP contribution in [0.25, 0.3) is 0 Å². The van der Waals surface area contributed by atoms with Crippen LogP contribution in [0.2, 0.25) is 0 Å². The molecule has 0 radical (unpaired) electrons. The smallest absolute Gasteiger partial charge is 0.324 e. The molecule has 1 aliphatic rings. The minimum Gasteiger partial charge on any atom is -0.324 e. The Balaban J connectivity index is 2.48. The van der Waals surface area contributed by atoms with Crippen molar-refractivity contribution in [1.82, 2.24) is 5.48 Å². The predicted molar refractivity (Wildman–Crippen MR) is 38.4 cm³/mol. The van der Waals surface area contributed by atoms with Crippen molar-refractivity contribution in [2.24, 2.45) is 0 Å². The van der Waals surface area contributed by atoms with E-state index >= 15 is 0 Å². The second-order valence-corrected chi connectivity index (χ2v) is 4.79. The molecule has 1 rings (SSSR count). The molecule has 2 unspecified atom stereocenters.